The van der Waals surface area contributed by atoms with Gasteiger partial charge in [0.1, 0.15) is 5.54 Å². The highest BCUT2D eigenvalue weighted by Gasteiger charge is 2.39. The van der Waals surface area contributed by atoms with E-state index in [-0.39, 0.29) is 11.6 Å². The van der Waals surface area contributed by atoms with Gasteiger partial charge in [0.2, 0.25) is 5.91 Å². The van der Waals surface area contributed by atoms with Gasteiger partial charge < -0.3 is 10.2 Å². The van der Waals surface area contributed by atoms with Crippen molar-refractivity contribution in [1.82, 2.24) is 0 Å². The Morgan fingerprint density at radius 1 is 1.28 bits per heavy atom. The summed E-state index contributed by atoms with van der Waals surface area (Å²) < 4.78 is 37.7. The first kappa shape index (κ1) is 12.7. The lowest BCUT2D eigenvalue weighted by molar-refractivity contribution is -0.137. The van der Waals surface area contributed by atoms with Gasteiger partial charge in [0, 0.05) is 7.05 Å². The maximum Gasteiger partial charge on any atom is 0.416 e. The molecule has 0 spiro atoms. The molecule has 0 radical (unpaired) electrons. The van der Waals surface area contributed by atoms with Crippen LogP contribution in [0.5, 0.6) is 0 Å². The second-order valence-electron chi connectivity index (χ2n) is 4.80. The van der Waals surface area contributed by atoms with E-state index in [1.165, 1.54) is 6.07 Å². The van der Waals surface area contributed by atoms with Crippen LogP contribution >= 0.6 is 0 Å². The zero-order valence-electron chi connectivity index (χ0n) is 10.2. The van der Waals surface area contributed by atoms with Crippen LogP contribution in [0.4, 0.5) is 24.5 Å². The minimum absolute atomic E-state index is 0.191. The van der Waals surface area contributed by atoms with Crippen molar-refractivity contribution in [3.63, 3.8) is 0 Å². The van der Waals surface area contributed by atoms with E-state index in [1.807, 2.05) is 0 Å². The van der Waals surface area contributed by atoms with Crippen molar-refractivity contribution < 1.29 is 18.0 Å². The summed E-state index contributed by atoms with van der Waals surface area (Å²) in [6.45, 7) is 3.42. The summed E-state index contributed by atoms with van der Waals surface area (Å²) in [7, 11) is 1.69. The predicted molar refractivity (Wildman–Crippen MR) is 62.6 cm³/mol. The number of rotatable bonds is 0. The largest absolute Gasteiger partial charge is 0.416 e. The first-order valence-electron chi connectivity index (χ1n) is 5.40. The van der Waals surface area contributed by atoms with E-state index in [0.29, 0.717) is 5.69 Å². The van der Waals surface area contributed by atoms with Crippen LogP contribution in [0.1, 0.15) is 19.4 Å². The Hall–Kier alpha value is -1.72. The van der Waals surface area contributed by atoms with Gasteiger partial charge in [-0.3, -0.25) is 4.79 Å². The minimum Gasteiger partial charge on any atom is -0.359 e. The lowest BCUT2D eigenvalue weighted by Gasteiger charge is -2.41. The molecule has 0 saturated heterocycles. The van der Waals surface area contributed by atoms with Crippen LogP contribution in [-0.4, -0.2) is 18.5 Å². The highest BCUT2D eigenvalue weighted by molar-refractivity contribution is 6.06. The minimum atomic E-state index is -4.41. The van der Waals surface area contributed by atoms with Crippen molar-refractivity contribution in [1.29, 1.82) is 0 Å². The summed E-state index contributed by atoms with van der Waals surface area (Å²) in [6.07, 6.45) is -4.41. The van der Waals surface area contributed by atoms with Gasteiger partial charge in [0.05, 0.1) is 16.9 Å². The number of hydrogen-bond donors (Lipinski definition) is 1. The maximum absolute atomic E-state index is 12.6. The molecule has 0 saturated carbocycles. The summed E-state index contributed by atoms with van der Waals surface area (Å²) in [5, 5.41) is 2.51. The monoisotopic (exact) mass is 258 g/mol. The van der Waals surface area contributed by atoms with Crippen molar-refractivity contribution in [2.75, 3.05) is 17.3 Å². The maximum atomic E-state index is 12.6. The van der Waals surface area contributed by atoms with Gasteiger partial charge in [0.15, 0.2) is 0 Å². The van der Waals surface area contributed by atoms with Crippen LogP contribution in [0.25, 0.3) is 0 Å². The third-order valence-electron chi connectivity index (χ3n) is 3.33. The predicted octanol–water partition coefficient (Wildman–Crippen LogP) is 2.87. The molecule has 1 amide bonds. The van der Waals surface area contributed by atoms with Crippen LogP contribution < -0.4 is 10.2 Å². The van der Waals surface area contributed by atoms with Gasteiger partial charge in [-0.15, -0.1) is 0 Å². The molecule has 6 heteroatoms. The number of anilines is 2. The van der Waals surface area contributed by atoms with Gasteiger partial charge in [-0.2, -0.15) is 13.2 Å². The Morgan fingerprint density at radius 3 is 2.44 bits per heavy atom. The summed E-state index contributed by atoms with van der Waals surface area (Å²) in [6, 6.07) is 3.35. The number of fused-ring (bicyclic) bond motifs is 1. The van der Waals surface area contributed by atoms with E-state index in [1.54, 1.807) is 25.8 Å². The number of alkyl halides is 3. The molecule has 1 aromatic rings. The quantitative estimate of drug-likeness (QED) is 0.776. The van der Waals surface area contributed by atoms with E-state index in [4.69, 9.17) is 0 Å². The lowest BCUT2D eigenvalue weighted by atomic mass is 9.96. The molecule has 2 rings (SSSR count). The highest BCUT2D eigenvalue weighted by atomic mass is 19.4. The molecule has 1 aliphatic rings. The van der Waals surface area contributed by atoms with Crippen LogP contribution in [-0.2, 0) is 11.0 Å². The third kappa shape index (κ3) is 1.81. The van der Waals surface area contributed by atoms with Crippen LogP contribution in [0, 0.1) is 0 Å². The molecule has 1 N–H and O–H groups in total. The Morgan fingerprint density at radius 2 is 1.89 bits per heavy atom. The third-order valence-corrected chi connectivity index (χ3v) is 3.33. The van der Waals surface area contributed by atoms with Crippen LogP contribution in [0.2, 0.25) is 0 Å². The van der Waals surface area contributed by atoms with Gasteiger partial charge >= 0.3 is 6.18 Å². The summed E-state index contributed by atoms with van der Waals surface area (Å²) >= 11 is 0. The molecule has 98 valence electrons. The zero-order chi connectivity index (χ0) is 13.7. The van der Waals surface area contributed by atoms with Gasteiger partial charge in [-0.05, 0) is 32.0 Å². The number of carbonyl (C=O) groups is 1. The van der Waals surface area contributed by atoms with E-state index < -0.39 is 17.3 Å². The molecule has 3 nitrogen and oxygen atoms in total. The molecular formula is C12H13F3N2O. The molecule has 1 aromatic carbocycles. The Bertz CT molecular complexity index is 509. The fourth-order valence-electron chi connectivity index (χ4n) is 1.83. The number of likely N-dealkylation sites (N-methyl/N-ethyl adjacent to an activating group) is 1. The molecule has 0 aromatic heterocycles. The molecule has 18 heavy (non-hydrogen) atoms. The fraction of sp³-hybridized carbons (Fsp3) is 0.417. The summed E-state index contributed by atoms with van der Waals surface area (Å²) in [5.74, 6) is -0.322. The van der Waals surface area contributed by atoms with Crippen molar-refractivity contribution in [3.05, 3.63) is 23.8 Å². The number of hydrogen-bond acceptors (Lipinski definition) is 2. The van der Waals surface area contributed by atoms with E-state index >= 15 is 0 Å². The second-order valence-corrected chi connectivity index (χ2v) is 4.80. The van der Waals surface area contributed by atoms with E-state index in [2.05, 4.69) is 5.32 Å². The summed E-state index contributed by atoms with van der Waals surface area (Å²) in [5.41, 5.74) is -0.786. The Labute approximate surface area is 103 Å². The van der Waals surface area contributed by atoms with Gasteiger partial charge in [-0.25, -0.2) is 0 Å². The number of nitrogens with zero attached hydrogens (tertiary/aromatic N) is 1. The van der Waals surface area contributed by atoms with Crippen LogP contribution in [0.3, 0.4) is 0 Å². The zero-order valence-corrected chi connectivity index (χ0v) is 10.2. The number of amides is 1. The normalized spacial score (nSPS) is 18.3. The van der Waals surface area contributed by atoms with Crippen LogP contribution in [0.15, 0.2) is 18.2 Å². The SMILES string of the molecule is CN1c2ccc(C(F)(F)F)cc2NC(=O)C1(C)C. The number of halogens is 3. The molecule has 0 aliphatic carbocycles. The molecular weight excluding hydrogens is 245 g/mol. The topological polar surface area (TPSA) is 32.3 Å². The smallest absolute Gasteiger partial charge is 0.359 e. The lowest BCUT2D eigenvalue weighted by Crippen LogP contribution is -2.54. The second kappa shape index (κ2) is 3.63. The highest BCUT2D eigenvalue weighted by Crippen LogP contribution is 2.39. The number of carbonyl (C=O) groups excluding carboxylic acids is 1. The van der Waals surface area contributed by atoms with Gasteiger partial charge in [0.25, 0.3) is 0 Å². The molecule has 0 bridgehead atoms. The van der Waals surface area contributed by atoms with Gasteiger partial charge in [-0.1, -0.05) is 0 Å². The van der Waals surface area contributed by atoms with Crippen molar-refractivity contribution in [3.8, 4) is 0 Å². The van der Waals surface area contributed by atoms with Crippen molar-refractivity contribution >= 4 is 17.3 Å². The molecule has 0 fully saturated rings. The fourth-order valence-corrected chi connectivity index (χ4v) is 1.83. The molecule has 0 atom stereocenters. The Kier molecular flexibility index (Phi) is 2.57. The van der Waals surface area contributed by atoms with E-state index in [0.717, 1.165) is 12.1 Å². The molecule has 1 aliphatic heterocycles. The Balaban J connectivity index is 2.52. The average Bonchev–Trinajstić information content (AvgIpc) is 2.25. The molecule has 0 unspecified atom stereocenters. The van der Waals surface area contributed by atoms with E-state index in [9.17, 15) is 18.0 Å². The first-order chi connectivity index (χ1) is 8.14. The van der Waals surface area contributed by atoms with Crippen molar-refractivity contribution in [2.24, 2.45) is 0 Å². The van der Waals surface area contributed by atoms with Crippen molar-refractivity contribution in [2.45, 2.75) is 25.6 Å². The first-order valence-corrected chi connectivity index (χ1v) is 5.40. The molecule has 1 heterocycles. The average molecular weight is 258 g/mol. The standard InChI is InChI=1S/C12H13F3N2O/c1-11(2)10(18)16-8-6-7(12(13,14)15)4-5-9(8)17(11)3/h4-6H,1-3H3,(H,16,18). The number of benzene rings is 1. The number of nitrogens with one attached hydrogen (secondary N) is 1. The summed E-state index contributed by atoms with van der Waals surface area (Å²) in [4.78, 5) is 13.5.